The number of amidine groups is 1. The summed E-state index contributed by atoms with van der Waals surface area (Å²) in [5.74, 6) is 0.935. The van der Waals surface area contributed by atoms with Crippen LogP contribution in [0.5, 0.6) is 0 Å². The molecule has 1 aromatic carbocycles. The third kappa shape index (κ3) is 1.89. The minimum absolute atomic E-state index is 0.241. The lowest BCUT2D eigenvalue weighted by Crippen LogP contribution is -2.61. The van der Waals surface area contributed by atoms with Gasteiger partial charge in [-0.15, -0.1) is 0 Å². The van der Waals surface area contributed by atoms with Crippen molar-refractivity contribution in [1.29, 1.82) is 0 Å². The average Bonchev–Trinajstić information content (AvgIpc) is 3.09. The molecule has 118 valence electrons. The largest absolute Gasteiger partial charge is 0.397 e. The van der Waals surface area contributed by atoms with Gasteiger partial charge < -0.3 is 0 Å². The molecule has 0 aromatic heterocycles. The minimum atomic E-state index is -0.526. The molecule has 7 nitrogen and oxygen atoms in total. The predicted molar refractivity (Wildman–Crippen MR) is 86.1 cm³/mol. The molecule has 0 aliphatic carbocycles. The van der Waals surface area contributed by atoms with Crippen molar-refractivity contribution in [2.45, 2.75) is 6.04 Å². The summed E-state index contributed by atoms with van der Waals surface area (Å²) in [6.07, 6.45) is 0. The van der Waals surface area contributed by atoms with Crippen LogP contribution in [-0.4, -0.2) is 71.3 Å². The maximum absolute atomic E-state index is 12.5. The number of imide groups is 1. The summed E-state index contributed by atoms with van der Waals surface area (Å²) in [5.41, 5.74) is 0.924. The van der Waals surface area contributed by atoms with Crippen molar-refractivity contribution in [3.8, 4) is 0 Å². The van der Waals surface area contributed by atoms with E-state index >= 15 is 0 Å². The van der Waals surface area contributed by atoms with Gasteiger partial charge in [0.15, 0.2) is 0 Å². The second-order valence-corrected chi connectivity index (χ2v) is 6.17. The monoisotopic (exact) mass is 332 g/mol. The van der Waals surface area contributed by atoms with Gasteiger partial charge in [0.25, 0.3) is 5.91 Å². The fourth-order valence-electron chi connectivity index (χ4n) is 3.23. The van der Waals surface area contributed by atoms with E-state index in [1.54, 1.807) is 7.05 Å². The molecule has 3 aliphatic rings. The summed E-state index contributed by atoms with van der Waals surface area (Å²) >= 11 is 6.07. The molecular formula is C15H15ClN5O2+. The molecule has 4 rings (SSSR count). The first kappa shape index (κ1) is 14.2. The van der Waals surface area contributed by atoms with Crippen LogP contribution in [0.25, 0.3) is 0 Å². The number of carbonyl (C=O) groups excluding carboxylic acids is 2. The fourth-order valence-corrected chi connectivity index (χ4v) is 3.41. The van der Waals surface area contributed by atoms with Crippen molar-refractivity contribution in [2.75, 3.05) is 32.1 Å². The second kappa shape index (κ2) is 4.79. The van der Waals surface area contributed by atoms with Crippen molar-refractivity contribution >= 4 is 41.0 Å². The molecule has 3 amide bonds. The van der Waals surface area contributed by atoms with Gasteiger partial charge >= 0.3 is 12.0 Å². The molecule has 0 N–H and O–H groups in total. The number of guanidine groups is 1. The number of hydrogen-bond acceptors (Lipinski definition) is 4. The zero-order chi connectivity index (χ0) is 16.3. The van der Waals surface area contributed by atoms with E-state index in [4.69, 9.17) is 11.6 Å². The van der Waals surface area contributed by atoms with Crippen LogP contribution in [0.3, 0.4) is 0 Å². The number of likely N-dealkylation sites (N-methyl/N-ethyl adjacent to an activating group) is 2. The van der Waals surface area contributed by atoms with Crippen LogP contribution in [-0.2, 0) is 4.79 Å². The lowest BCUT2D eigenvalue weighted by molar-refractivity contribution is -0.525. The lowest BCUT2D eigenvalue weighted by atomic mass is 10.1. The number of amides is 3. The van der Waals surface area contributed by atoms with Gasteiger partial charge in [0.1, 0.15) is 12.2 Å². The zero-order valence-electron chi connectivity index (χ0n) is 12.7. The van der Waals surface area contributed by atoms with E-state index in [0.29, 0.717) is 23.4 Å². The van der Waals surface area contributed by atoms with E-state index in [0.717, 1.165) is 17.1 Å². The smallest absolute Gasteiger partial charge is 0.270 e. The van der Waals surface area contributed by atoms with E-state index in [2.05, 4.69) is 4.99 Å². The van der Waals surface area contributed by atoms with Crippen molar-refractivity contribution in [3.63, 3.8) is 0 Å². The van der Waals surface area contributed by atoms with E-state index in [1.165, 1.54) is 11.9 Å². The number of hydrogen-bond donors (Lipinski definition) is 0. The first-order valence-electron chi connectivity index (χ1n) is 7.29. The number of benzene rings is 1. The molecule has 0 radical (unpaired) electrons. The third-order valence-corrected chi connectivity index (χ3v) is 4.67. The molecule has 3 aliphatic heterocycles. The highest BCUT2D eigenvalue weighted by molar-refractivity contribution is 6.31. The van der Waals surface area contributed by atoms with E-state index in [1.807, 2.05) is 33.7 Å². The molecule has 8 heteroatoms. The highest BCUT2D eigenvalue weighted by Gasteiger charge is 2.54. The van der Waals surface area contributed by atoms with Crippen molar-refractivity contribution in [2.24, 2.45) is 4.99 Å². The Morgan fingerprint density at radius 2 is 2.04 bits per heavy atom. The molecule has 0 saturated carbocycles. The summed E-state index contributed by atoms with van der Waals surface area (Å²) in [6, 6.07) is 6.62. The summed E-state index contributed by atoms with van der Waals surface area (Å²) < 4.78 is 1.94. The fraction of sp³-hybridized carbons (Fsp3) is 0.333. The standard InChI is InChI=1S/C15H15ClN5O2/c1-18-12-11(13(22)19(2)15(18)23)21-7-6-20(14(21)17-12)10-5-3-4-9(16)8-10/h3-5,8,11H,6-7H2,1-2H3/q+1. The van der Waals surface area contributed by atoms with Crippen LogP contribution in [0, 0.1) is 0 Å². The molecule has 1 fully saturated rings. The number of carbonyl (C=O) groups is 2. The van der Waals surface area contributed by atoms with Crippen LogP contribution >= 0.6 is 11.6 Å². The van der Waals surface area contributed by atoms with Crippen molar-refractivity contribution < 1.29 is 14.2 Å². The Morgan fingerprint density at radius 3 is 2.78 bits per heavy atom. The number of aliphatic imine (C=N–C) groups is 1. The van der Waals surface area contributed by atoms with Gasteiger partial charge in [0.2, 0.25) is 11.9 Å². The lowest BCUT2D eigenvalue weighted by Gasteiger charge is -2.31. The molecule has 3 heterocycles. The number of halogens is 1. The Hall–Kier alpha value is -2.41. The Kier molecular flexibility index (Phi) is 2.96. The Labute approximate surface area is 138 Å². The molecular weight excluding hydrogens is 318 g/mol. The topological polar surface area (TPSA) is 59.2 Å². The number of nitrogens with zero attached hydrogens (tertiary/aromatic N) is 5. The number of fused-ring (bicyclic) bond motifs is 2. The minimum Gasteiger partial charge on any atom is -0.270 e. The normalized spacial score (nSPS) is 23.5. The molecule has 1 unspecified atom stereocenters. The van der Waals surface area contributed by atoms with E-state index in [-0.39, 0.29) is 11.9 Å². The van der Waals surface area contributed by atoms with Gasteiger partial charge in [-0.3, -0.25) is 14.6 Å². The second-order valence-electron chi connectivity index (χ2n) is 5.74. The Bertz CT molecular complexity index is 803. The first-order chi connectivity index (χ1) is 11.0. The highest BCUT2D eigenvalue weighted by Crippen LogP contribution is 2.27. The maximum Gasteiger partial charge on any atom is 0.397 e. The predicted octanol–water partition coefficient (Wildman–Crippen LogP) is 0.833. The van der Waals surface area contributed by atoms with Gasteiger partial charge in [-0.05, 0) is 18.2 Å². The SMILES string of the molecule is CN1C(=O)C2C(=NC3=[N+]2CCN3c2cccc(Cl)c2)N(C)C1=O. The van der Waals surface area contributed by atoms with Crippen molar-refractivity contribution in [3.05, 3.63) is 29.3 Å². The number of anilines is 1. The van der Waals surface area contributed by atoms with Crippen LogP contribution in [0.2, 0.25) is 5.02 Å². The quantitative estimate of drug-likeness (QED) is 0.716. The van der Waals surface area contributed by atoms with E-state index < -0.39 is 6.04 Å². The summed E-state index contributed by atoms with van der Waals surface area (Å²) in [6.45, 7) is 1.39. The van der Waals surface area contributed by atoms with Gasteiger partial charge in [-0.25, -0.2) is 14.3 Å². The Morgan fingerprint density at radius 1 is 1.26 bits per heavy atom. The third-order valence-electron chi connectivity index (χ3n) is 4.44. The summed E-state index contributed by atoms with van der Waals surface area (Å²) in [4.78, 5) is 33.8. The maximum atomic E-state index is 12.5. The van der Waals surface area contributed by atoms with E-state index in [9.17, 15) is 9.59 Å². The average molecular weight is 333 g/mol. The summed E-state index contributed by atoms with van der Waals surface area (Å²) in [7, 11) is 3.14. The Balaban J connectivity index is 1.77. The van der Waals surface area contributed by atoms with Gasteiger partial charge in [-0.2, -0.15) is 0 Å². The van der Waals surface area contributed by atoms with Gasteiger partial charge in [0, 0.05) is 19.1 Å². The molecule has 0 spiro atoms. The van der Waals surface area contributed by atoms with Crippen LogP contribution in [0.1, 0.15) is 0 Å². The van der Waals surface area contributed by atoms with Gasteiger partial charge in [-0.1, -0.05) is 22.7 Å². The number of rotatable bonds is 1. The van der Waals surface area contributed by atoms with Crippen LogP contribution in [0.15, 0.2) is 29.3 Å². The molecule has 1 aromatic rings. The molecule has 1 atom stereocenters. The van der Waals surface area contributed by atoms with Crippen molar-refractivity contribution in [1.82, 2.24) is 9.80 Å². The molecule has 1 saturated heterocycles. The number of urea groups is 1. The highest BCUT2D eigenvalue weighted by atomic mass is 35.5. The van der Waals surface area contributed by atoms with Gasteiger partial charge in [0.05, 0.1) is 6.54 Å². The summed E-state index contributed by atoms with van der Waals surface area (Å²) in [5, 5.41) is 0.646. The van der Waals surface area contributed by atoms with Crippen LogP contribution < -0.4 is 4.90 Å². The molecule has 23 heavy (non-hydrogen) atoms. The van der Waals surface area contributed by atoms with Crippen LogP contribution in [0.4, 0.5) is 10.5 Å². The zero-order valence-corrected chi connectivity index (χ0v) is 13.5. The first-order valence-corrected chi connectivity index (χ1v) is 7.67. The molecule has 0 bridgehead atoms.